The molecule has 1 fully saturated rings. The van der Waals surface area contributed by atoms with E-state index in [1.807, 2.05) is 13.0 Å². The van der Waals surface area contributed by atoms with Gasteiger partial charge in [0, 0.05) is 24.1 Å². The predicted octanol–water partition coefficient (Wildman–Crippen LogP) is 3.07. The normalized spacial score (nSPS) is 27.1. The fraction of sp³-hybridized carbons (Fsp3) is 0.600. The number of ether oxygens (including phenoxy) is 3. The van der Waals surface area contributed by atoms with Gasteiger partial charge in [-0.2, -0.15) is 0 Å². The van der Waals surface area contributed by atoms with Crippen molar-refractivity contribution in [3.8, 4) is 11.5 Å². The first-order chi connectivity index (χ1) is 9.60. The molecule has 0 aromatic heterocycles. The maximum absolute atomic E-state index is 6.40. The van der Waals surface area contributed by atoms with Crippen LogP contribution >= 0.6 is 11.6 Å². The van der Waals surface area contributed by atoms with E-state index in [-0.39, 0.29) is 11.6 Å². The van der Waals surface area contributed by atoms with Gasteiger partial charge in [0.05, 0.1) is 24.9 Å². The van der Waals surface area contributed by atoms with Crippen LogP contribution in [-0.4, -0.2) is 25.4 Å². The Kier molecular flexibility index (Phi) is 3.80. The Labute approximate surface area is 124 Å². The topological polar surface area (TPSA) is 53.7 Å². The summed E-state index contributed by atoms with van der Waals surface area (Å²) in [6.07, 6.45) is 2.85. The second-order valence-corrected chi connectivity index (χ2v) is 6.02. The highest BCUT2D eigenvalue weighted by atomic mass is 35.5. The SMILES string of the molecule is CC1(C(N)c2cc3c(cc2Cl)OCCCO3)CCCO1. The third kappa shape index (κ3) is 2.48. The summed E-state index contributed by atoms with van der Waals surface area (Å²) < 4.78 is 17.2. The molecule has 1 aromatic carbocycles. The quantitative estimate of drug-likeness (QED) is 0.911. The number of rotatable bonds is 2. The van der Waals surface area contributed by atoms with Gasteiger partial charge < -0.3 is 19.9 Å². The van der Waals surface area contributed by atoms with Gasteiger partial charge in [0.25, 0.3) is 0 Å². The highest BCUT2D eigenvalue weighted by molar-refractivity contribution is 6.31. The van der Waals surface area contributed by atoms with Crippen molar-refractivity contribution in [3.63, 3.8) is 0 Å². The average Bonchev–Trinajstić information content (AvgIpc) is 2.75. The first kappa shape index (κ1) is 14.0. The lowest BCUT2D eigenvalue weighted by atomic mass is 9.88. The number of nitrogens with two attached hydrogens (primary N) is 1. The molecular formula is C15H20ClNO3. The number of benzene rings is 1. The molecule has 3 rings (SSSR count). The summed E-state index contributed by atoms with van der Waals surface area (Å²) in [5, 5.41) is 0.610. The third-order valence-electron chi connectivity index (χ3n) is 4.11. The van der Waals surface area contributed by atoms with Crippen molar-refractivity contribution >= 4 is 11.6 Å². The molecule has 5 heteroatoms. The van der Waals surface area contributed by atoms with Crippen molar-refractivity contribution in [1.82, 2.24) is 0 Å². The minimum absolute atomic E-state index is 0.269. The van der Waals surface area contributed by atoms with Crippen LogP contribution in [0.1, 0.15) is 37.8 Å². The Morgan fingerprint density at radius 3 is 2.50 bits per heavy atom. The fourth-order valence-electron chi connectivity index (χ4n) is 2.81. The van der Waals surface area contributed by atoms with Gasteiger partial charge in [-0.25, -0.2) is 0 Å². The van der Waals surface area contributed by atoms with Crippen molar-refractivity contribution in [1.29, 1.82) is 0 Å². The highest BCUT2D eigenvalue weighted by Crippen LogP contribution is 2.42. The van der Waals surface area contributed by atoms with E-state index in [9.17, 15) is 0 Å². The first-order valence-corrected chi connectivity index (χ1v) is 7.46. The van der Waals surface area contributed by atoms with E-state index in [4.69, 9.17) is 31.5 Å². The molecule has 2 atom stereocenters. The monoisotopic (exact) mass is 297 g/mol. The molecular weight excluding hydrogens is 278 g/mol. The van der Waals surface area contributed by atoms with Gasteiger partial charge in [0.1, 0.15) is 0 Å². The number of fused-ring (bicyclic) bond motifs is 1. The second-order valence-electron chi connectivity index (χ2n) is 5.61. The highest BCUT2D eigenvalue weighted by Gasteiger charge is 2.38. The molecule has 2 heterocycles. The Bertz CT molecular complexity index is 500. The van der Waals surface area contributed by atoms with Crippen LogP contribution in [0.15, 0.2) is 12.1 Å². The maximum Gasteiger partial charge on any atom is 0.162 e. The van der Waals surface area contributed by atoms with E-state index in [0.717, 1.165) is 37.2 Å². The molecule has 2 N–H and O–H groups in total. The smallest absolute Gasteiger partial charge is 0.162 e. The van der Waals surface area contributed by atoms with Crippen LogP contribution in [0.3, 0.4) is 0 Å². The lowest BCUT2D eigenvalue weighted by molar-refractivity contribution is -0.00176. The molecule has 0 radical (unpaired) electrons. The van der Waals surface area contributed by atoms with Gasteiger partial charge in [0.2, 0.25) is 0 Å². The molecule has 0 aliphatic carbocycles. The molecule has 2 aliphatic heterocycles. The van der Waals surface area contributed by atoms with E-state index in [0.29, 0.717) is 24.0 Å². The Balaban J connectivity index is 1.95. The minimum Gasteiger partial charge on any atom is -0.490 e. The Morgan fingerprint density at radius 1 is 1.15 bits per heavy atom. The summed E-state index contributed by atoms with van der Waals surface area (Å²) in [4.78, 5) is 0. The van der Waals surface area contributed by atoms with Gasteiger partial charge >= 0.3 is 0 Å². The van der Waals surface area contributed by atoms with Crippen LogP contribution in [0.5, 0.6) is 11.5 Å². The van der Waals surface area contributed by atoms with Crippen LogP contribution in [0, 0.1) is 0 Å². The van der Waals surface area contributed by atoms with E-state index in [2.05, 4.69) is 0 Å². The summed E-state index contributed by atoms with van der Waals surface area (Å²) >= 11 is 6.38. The first-order valence-electron chi connectivity index (χ1n) is 7.09. The molecule has 2 unspecified atom stereocenters. The van der Waals surface area contributed by atoms with E-state index in [1.165, 1.54) is 0 Å². The van der Waals surface area contributed by atoms with Gasteiger partial charge in [-0.05, 0) is 31.4 Å². The fourth-order valence-corrected chi connectivity index (χ4v) is 3.08. The van der Waals surface area contributed by atoms with Gasteiger partial charge in [-0.1, -0.05) is 11.6 Å². The number of halogens is 1. The standard InChI is InChI=1S/C15H20ClNO3/c1-15(4-2-7-20-15)14(17)10-8-12-13(9-11(10)16)19-6-3-5-18-12/h8-9,14H,2-7,17H2,1H3. The van der Waals surface area contributed by atoms with Crippen LogP contribution in [0.25, 0.3) is 0 Å². The van der Waals surface area contributed by atoms with Crippen molar-refractivity contribution in [3.05, 3.63) is 22.7 Å². The summed E-state index contributed by atoms with van der Waals surface area (Å²) in [6, 6.07) is 3.44. The van der Waals surface area contributed by atoms with Gasteiger partial charge in [0.15, 0.2) is 11.5 Å². The largest absolute Gasteiger partial charge is 0.490 e. The summed E-state index contributed by atoms with van der Waals surface area (Å²) in [5.74, 6) is 1.42. The summed E-state index contributed by atoms with van der Waals surface area (Å²) in [5.41, 5.74) is 6.91. The molecule has 4 nitrogen and oxygen atoms in total. The number of hydrogen-bond donors (Lipinski definition) is 1. The average molecular weight is 298 g/mol. The Hall–Kier alpha value is -0.970. The molecule has 110 valence electrons. The predicted molar refractivity (Wildman–Crippen MR) is 77.6 cm³/mol. The van der Waals surface area contributed by atoms with Crippen LogP contribution in [-0.2, 0) is 4.74 Å². The number of hydrogen-bond acceptors (Lipinski definition) is 4. The molecule has 1 aromatic rings. The molecule has 0 saturated carbocycles. The minimum atomic E-state index is -0.358. The zero-order chi connectivity index (χ0) is 14.2. The van der Waals surface area contributed by atoms with E-state index in [1.54, 1.807) is 6.07 Å². The maximum atomic E-state index is 6.40. The van der Waals surface area contributed by atoms with Crippen LogP contribution < -0.4 is 15.2 Å². The van der Waals surface area contributed by atoms with E-state index < -0.39 is 0 Å². The molecule has 0 spiro atoms. The van der Waals surface area contributed by atoms with Gasteiger partial charge in [-0.15, -0.1) is 0 Å². The van der Waals surface area contributed by atoms with E-state index >= 15 is 0 Å². The summed E-state index contributed by atoms with van der Waals surface area (Å²) in [7, 11) is 0. The lowest BCUT2D eigenvalue weighted by Crippen LogP contribution is -2.37. The molecule has 1 saturated heterocycles. The van der Waals surface area contributed by atoms with Crippen LogP contribution in [0.2, 0.25) is 5.02 Å². The molecule has 0 bridgehead atoms. The molecule has 2 aliphatic rings. The lowest BCUT2D eigenvalue weighted by Gasteiger charge is -2.31. The van der Waals surface area contributed by atoms with Crippen molar-refractivity contribution in [2.45, 2.75) is 37.8 Å². The van der Waals surface area contributed by atoms with Crippen molar-refractivity contribution < 1.29 is 14.2 Å². The van der Waals surface area contributed by atoms with Crippen LogP contribution in [0.4, 0.5) is 0 Å². The third-order valence-corrected chi connectivity index (χ3v) is 4.44. The zero-order valence-corrected chi connectivity index (χ0v) is 12.4. The molecule has 0 amide bonds. The van der Waals surface area contributed by atoms with Gasteiger partial charge in [-0.3, -0.25) is 0 Å². The zero-order valence-electron chi connectivity index (χ0n) is 11.7. The Morgan fingerprint density at radius 2 is 1.85 bits per heavy atom. The van der Waals surface area contributed by atoms with Crippen molar-refractivity contribution in [2.24, 2.45) is 5.73 Å². The molecule has 20 heavy (non-hydrogen) atoms. The summed E-state index contributed by atoms with van der Waals surface area (Å²) in [6.45, 7) is 4.10. The second kappa shape index (κ2) is 5.43. The van der Waals surface area contributed by atoms with Crippen molar-refractivity contribution in [2.75, 3.05) is 19.8 Å².